The summed E-state index contributed by atoms with van der Waals surface area (Å²) in [5.41, 5.74) is 5.70. The quantitative estimate of drug-likeness (QED) is 0.166. The molecule has 1 spiro atoms. The molecule has 4 nitrogen and oxygen atoms in total. The molecule has 9 heteroatoms. The van der Waals surface area contributed by atoms with Gasteiger partial charge in [0.2, 0.25) is 0 Å². The molecular weight excluding hydrogens is 646 g/mol. The van der Waals surface area contributed by atoms with Crippen LogP contribution in [0.5, 0.6) is 0 Å². The van der Waals surface area contributed by atoms with Gasteiger partial charge in [0.05, 0.1) is 5.70 Å². The summed E-state index contributed by atoms with van der Waals surface area (Å²) in [6, 6.07) is 7.62. The Kier molecular flexibility index (Phi) is 9.35. The maximum absolute atomic E-state index is 8.54. The van der Waals surface area contributed by atoms with Gasteiger partial charge in [-0.25, -0.2) is 0 Å². The monoisotopic (exact) mass is 709 g/mol. The Balaban J connectivity index is 2.02. The van der Waals surface area contributed by atoms with Gasteiger partial charge >= 0.3 is 6.86 Å². The normalized spacial score (nSPS) is 28.1. The van der Waals surface area contributed by atoms with Crippen molar-refractivity contribution in [3.63, 3.8) is 0 Å². The minimum absolute atomic E-state index is 0.00241. The fraction of sp³-hybridized carbons (Fsp3) is 0.778. The number of nitrogens with zero attached hydrogens (tertiary/aromatic N) is 4. The number of halogens is 2. The predicted octanol–water partition coefficient (Wildman–Crippen LogP) is 11.6. The van der Waals surface area contributed by atoms with E-state index in [9.17, 15) is 0 Å². The number of benzene rings is 1. The first-order valence-corrected chi connectivity index (χ1v) is 26.5. The molecule has 0 aromatic heterocycles. The van der Waals surface area contributed by atoms with Crippen LogP contribution in [-0.4, -0.2) is 57.4 Å². The van der Waals surface area contributed by atoms with Crippen LogP contribution in [0, 0.1) is 11.8 Å². The van der Waals surface area contributed by atoms with Crippen molar-refractivity contribution >= 4 is 50.7 Å². The zero-order chi connectivity index (χ0) is 34.0. The van der Waals surface area contributed by atoms with Gasteiger partial charge in [-0.2, -0.15) is 8.67 Å². The van der Waals surface area contributed by atoms with Crippen LogP contribution in [-0.2, 0) is 0 Å². The summed E-state index contributed by atoms with van der Waals surface area (Å²) in [4.78, 5) is 2.80. The van der Waals surface area contributed by atoms with E-state index in [1.165, 1.54) is 36.1 Å². The summed E-state index contributed by atoms with van der Waals surface area (Å²) >= 11 is 17.1. The second-order valence-electron chi connectivity index (χ2n) is 18.1. The smallest absolute Gasteiger partial charge is 0.339 e. The largest absolute Gasteiger partial charge is 0.419 e. The highest BCUT2D eigenvalue weighted by Gasteiger charge is 2.89. The van der Waals surface area contributed by atoms with E-state index in [4.69, 9.17) is 22.2 Å². The summed E-state index contributed by atoms with van der Waals surface area (Å²) in [6.45, 7) is 35.7. The van der Waals surface area contributed by atoms with Crippen LogP contribution in [0.2, 0.25) is 13.1 Å². The minimum Gasteiger partial charge on any atom is -0.339 e. The van der Waals surface area contributed by atoms with E-state index in [2.05, 4.69) is 146 Å². The van der Waals surface area contributed by atoms with Crippen molar-refractivity contribution in [1.29, 1.82) is 0 Å². The molecule has 1 aromatic carbocycles. The molecule has 1 saturated heterocycles. The Morgan fingerprint density at radius 2 is 1.22 bits per heavy atom. The van der Waals surface area contributed by atoms with E-state index < -0.39 is 22.8 Å². The number of hydrogen-bond acceptors (Lipinski definition) is 4. The highest BCUT2D eigenvalue weighted by molar-refractivity contribution is 7.87. The lowest BCUT2D eigenvalue weighted by atomic mass is 9.91. The number of fused-ring (bicyclic) bond motifs is 5. The zero-order valence-corrected chi connectivity index (χ0v) is 35.8. The Bertz CT molecular complexity index is 1280. The van der Waals surface area contributed by atoms with Crippen LogP contribution in [0.4, 0.5) is 5.69 Å². The van der Waals surface area contributed by atoms with Crippen LogP contribution in [0.15, 0.2) is 29.2 Å². The number of para-hydroxylation sites is 1. The van der Waals surface area contributed by atoms with Gasteiger partial charge in [-0.3, -0.25) is 4.90 Å². The molecule has 254 valence electrons. The third-order valence-corrected chi connectivity index (χ3v) is 31.2. The average molecular weight is 711 g/mol. The van der Waals surface area contributed by atoms with Gasteiger partial charge in [-0.1, -0.05) is 45.9 Å². The van der Waals surface area contributed by atoms with Crippen LogP contribution in [0.1, 0.15) is 139 Å². The molecule has 4 aliphatic rings. The second-order valence-corrected chi connectivity index (χ2v) is 32.5. The molecule has 0 radical (unpaired) electrons. The van der Waals surface area contributed by atoms with E-state index in [1.54, 1.807) is 11.0 Å². The SMILES string of the molecule is CC(C)c1cccc(C(C)C)c1N1C2=C(C3CCC2C3)[P+]2(C(N(C(C)C)C(C)C)[Si]1(Cl)Cl)N(C(C)(C)C)[Si](C)(C)N2C(C)(C)C. The molecule has 2 aliphatic heterocycles. The highest BCUT2D eigenvalue weighted by Crippen LogP contribution is 2.93. The Morgan fingerprint density at radius 3 is 1.62 bits per heavy atom. The Morgan fingerprint density at radius 1 is 0.778 bits per heavy atom. The molecule has 0 N–H and O–H groups in total. The molecule has 1 aromatic rings. The zero-order valence-electron chi connectivity index (χ0n) is 31.4. The first-order chi connectivity index (χ1) is 20.5. The van der Waals surface area contributed by atoms with E-state index in [0.717, 1.165) is 0 Å². The molecule has 3 unspecified atom stereocenters. The molecule has 2 bridgehead atoms. The highest BCUT2D eigenvalue weighted by atomic mass is 35.7. The second kappa shape index (κ2) is 11.6. The summed E-state index contributed by atoms with van der Waals surface area (Å²) in [7, 11) is -4.30. The third kappa shape index (κ3) is 5.15. The van der Waals surface area contributed by atoms with Gasteiger partial charge in [-0.05, 0) is 125 Å². The van der Waals surface area contributed by atoms with Gasteiger partial charge in [0.1, 0.15) is 5.31 Å². The van der Waals surface area contributed by atoms with Crippen LogP contribution >= 0.6 is 29.7 Å². The topological polar surface area (TPSA) is 13.0 Å². The molecule has 0 amide bonds. The number of rotatable bonds is 6. The lowest BCUT2D eigenvalue weighted by Gasteiger charge is -2.74. The van der Waals surface area contributed by atoms with Crippen molar-refractivity contribution in [2.75, 3.05) is 4.57 Å². The fourth-order valence-electron chi connectivity index (χ4n) is 10.7. The van der Waals surface area contributed by atoms with Crippen LogP contribution in [0.25, 0.3) is 0 Å². The van der Waals surface area contributed by atoms with Crippen molar-refractivity contribution in [1.82, 2.24) is 13.6 Å². The summed E-state index contributed by atoms with van der Waals surface area (Å²) in [6.07, 6.45) is 3.82. The lowest BCUT2D eigenvalue weighted by Crippen LogP contribution is -2.86. The van der Waals surface area contributed by atoms with E-state index in [1.807, 2.05) is 0 Å². The van der Waals surface area contributed by atoms with Gasteiger partial charge in [0, 0.05) is 40.7 Å². The van der Waals surface area contributed by atoms with Crippen molar-refractivity contribution in [3.05, 3.63) is 40.3 Å². The molecule has 2 fully saturated rings. The molecule has 2 heterocycles. The number of hydrogen-bond donors (Lipinski definition) is 0. The fourth-order valence-corrected chi connectivity index (χ4v) is 37.9. The first kappa shape index (κ1) is 36.4. The van der Waals surface area contributed by atoms with E-state index in [-0.39, 0.29) is 16.5 Å². The molecule has 3 atom stereocenters. The van der Waals surface area contributed by atoms with E-state index in [0.29, 0.717) is 35.8 Å². The third-order valence-electron chi connectivity index (χ3n) is 11.0. The average Bonchev–Trinajstić information content (AvgIpc) is 3.45. The molecule has 1 saturated carbocycles. The predicted molar refractivity (Wildman–Crippen MR) is 206 cm³/mol. The van der Waals surface area contributed by atoms with Gasteiger partial charge in [0.15, 0.2) is 13.0 Å². The first-order valence-electron chi connectivity index (χ1n) is 17.8. The summed E-state index contributed by atoms with van der Waals surface area (Å²) < 4.78 is 8.94. The summed E-state index contributed by atoms with van der Waals surface area (Å²) in [5.74, 6) is 1.90. The van der Waals surface area contributed by atoms with Gasteiger partial charge < -0.3 is 4.57 Å². The standard InChI is InChI=1S/C36H64Cl2N4PSi2/c1-23(2)29-18-17-19-30(24(3)4)32(29)40-31-27-20-21-28(22-27)33(31)43(34(45(40,37)38)39(25(5)6)26(7)8)41(35(9,10)11)44(15,16)42(43)36(12,13)14/h17-19,23-28,34H,20-22H2,1-16H3/q+1. The van der Waals surface area contributed by atoms with Crippen LogP contribution in [0.3, 0.4) is 0 Å². The van der Waals surface area contributed by atoms with Gasteiger partial charge in [0.25, 0.3) is 8.40 Å². The number of allylic oxidation sites excluding steroid dienone is 2. The molecule has 2 aliphatic carbocycles. The number of anilines is 1. The molecular formula is C36H64Cl2N4PSi2+. The van der Waals surface area contributed by atoms with Gasteiger partial charge in [-0.15, -0.1) is 22.2 Å². The Labute approximate surface area is 289 Å². The minimum atomic E-state index is -3.33. The maximum atomic E-state index is 8.54. The Hall–Kier alpha value is 0.0838. The van der Waals surface area contributed by atoms with Crippen molar-refractivity contribution in [2.24, 2.45) is 11.8 Å². The van der Waals surface area contributed by atoms with Crippen molar-refractivity contribution in [3.8, 4) is 0 Å². The van der Waals surface area contributed by atoms with Crippen LogP contribution < -0.4 is 4.57 Å². The maximum Gasteiger partial charge on any atom is 0.419 e. The van der Waals surface area contributed by atoms with E-state index >= 15 is 0 Å². The molecule has 45 heavy (non-hydrogen) atoms. The van der Waals surface area contributed by atoms with Crippen molar-refractivity contribution < 1.29 is 0 Å². The lowest BCUT2D eigenvalue weighted by molar-refractivity contribution is 0.158. The molecule has 5 rings (SSSR count). The summed E-state index contributed by atoms with van der Waals surface area (Å²) in [5, 5.41) is 1.84. The van der Waals surface area contributed by atoms with Crippen molar-refractivity contribution in [2.45, 2.75) is 170 Å².